The van der Waals surface area contributed by atoms with Crippen molar-refractivity contribution in [2.45, 2.75) is 64.8 Å². The largest absolute Gasteiger partial charge is 0.435 e. The van der Waals surface area contributed by atoms with Gasteiger partial charge in [0.2, 0.25) is 5.91 Å². The molecule has 1 aliphatic rings. The fourth-order valence-corrected chi connectivity index (χ4v) is 2.84. The minimum absolute atomic E-state index is 0.0830. The van der Waals surface area contributed by atoms with Crippen molar-refractivity contribution in [1.29, 1.82) is 0 Å². The van der Waals surface area contributed by atoms with E-state index in [-0.39, 0.29) is 24.8 Å². The van der Waals surface area contributed by atoms with Crippen molar-refractivity contribution >= 4 is 5.91 Å². The lowest BCUT2D eigenvalue weighted by Gasteiger charge is -2.08. The van der Waals surface area contributed by atoms with Gasteiger partial charge >= 0.3 is 6.18 Å². The molecule has 1 saturated carbocycles. The second-order valence-corrected chi connectivity index (χ2v) is 6.57. The third kappa shape index (κ3) is 4.25. The zero-order valence-electron chi connectivity index (χ0n) is 14.8. The van der Waals surface area contributed by atoms with Gasteiger partial charge in [-0.2, -0.15) is 23.4 Å². The first kappa shape index (κ1) is 18.5. The molecule has 2 aromatic rings. The second kappa shape index (κ2) is 7.13. The SMILES string of the molecule is CCn1cc(CNC(=O)CCn2nc(C(F)(F)F)cc2C2CC2)c(C)n1. The van der Waals surface area contributed by atoms with Crippen LogP contribution in [0.2, 0.25) is 0 Å². The number of carbonyl (C=O) groups is 1. The average molecular weight is 369 g/mol. The summed E-state index contributed by atoms with van der Waals surface area (Å²) in [7, 11) is 0. The topological polar surface area (TPSA) is 64.7 Å². The summed E-state index contributed by atoms with van der Waals surface area (Å²) in [6.07, 6.45) is -0.760. The summed E-state index contributed by atoms with van der Waals surface area (Å²) in [5.41, 5.74) is 1.47. The van der Waals surface area contributed by atoms with Gasteiger partial charge in [-0.05, 0) is 32.8 Å². The molecule has 2 aromatic heterocycles. The van der Waals surface area contributed by atoms with Crippen molar-refractivity contribution in [3.05, 3.63) is 34.9 Å². The van der Waals surface area contributed by atoms with Crippen LogP contribution in [0.3, 0.4) is 0 Å². The lowest BCUT2D eigenvalue weighted by molar-refractivity contribution is -0.141. The Hall–Kier alpha value is -2.32. The number of hydrogen-bond donors (Lipinski definition) is 1. The number of nitrogens with one attached hydrogen (secondary N) is 1. The number of amides is 1. The molecular weight excluding hydrogens is 347 g/mol. The Morgan fingerprint density at radius 3 is 2.65 bits per heavy atom. The number of halogens is 3. The third-order valence-corrected chi connectivity index (χ3v) is 4.50. The highest BCUT2D eigenvalue weighted by Crippen LogP contribution is 2.42. The van der Waals surface area contributed by atoms with Crippen LogP contribution in [0.25, 0.3) is 0 Å². The van der Waals surface area contributed by atoms with E-state index in [1.165, 1.54) is 4.68 Å². The Morgan fingerprint density at radius 1 is 1.35 bits per heavy atom. The second-order valence-electron chi connectivity index (χ2n) is 6.57. The highest BCUT2D eigenvalue weighted by Gasteiger charge is 2.37. The summed E-state index contributed by atoms with van der Waals surface area (Å²) in [4.78, 5) is 12.1. The van der Waals surface area contributed by atoms with Crippen LogP contribution < -0.4 is 5.32 Å². The van der Waals surface area contributed by atoms with E-state index in [4.69, 9.17) is 0 Å². The van der Waals surface area contributed by atoms with Crippen LogP contribution in [0.5, 0.6) is 0 Å². The molecule has 0 spiro atoms. The maximum absolute atomic E-state index is 12.9. The molecule has 0 bridgehead atoms. The standard InChI is InChI=1S/C17H22F3N5O/c1-3-24-10-13(11(2)22-24)9-21-16(26)6-7-25-14(12-4-5-12)8-15(23-25)17(18,19)20/h8,10,12H,3-7,9H2,1-2H3,(H,21,26). The molecule has 1 amide bonds. The zero-order valence-corrected chi connectivity index (χ0v) is 14.8. The van der Waals surface area contributed by atoms with Gasteiger partial charge in [-0.25, -0.2) is 0 Å². The Balaban J connectivity index is 1.57. The van der Waals surface area contributed by atoms with E-state index in [0.29, 0.717) is 12.2 Å². The lowest BCUT2D eigenvalue weighted by atomic mass is 10.2. The minimum atomic E-state index is -4.46. The summed E-state index contributed by atoms with van der Waals surface area (Å²) in [6, 6.07) is 1.11. The van der Waals surface area contributed by atoms with Gasteiger partial charge in [0.05, 0.1) is 5.69 Å². The monoisotopic (exact) mass is 369 g/mol. The molecule has 0 unspecified atom stereocenters. The van der Waals surface area contributed by atoms with Crippen LogP contribution in [0.15, 0.2) is 12.3 Å². The van der Waals surface area contributed by atoms with Crippen molar-refractivity contribution < 1.29 is 18.0 Å². The summed E-state index contributed by atoms with van der Waals surface area (Å²) in [5.74, 6) is -0.0938. The molecule has 6 nitrogen and oxygen atoms in total. The average Bonchev–Trinajstić information content (AvgIpc) is 3.22. The first-order chi connectivity index (χ1) is 12.3. The Bertz CT molecular complexity index is 789. The Morgan fingerprint density at radius 2 is 2.08 bits per heavy atom. The number of carbonyl (C=O) groups excluding carboxylic acids is 1. The maximum atomic E-state index is 12.9. The van der Waals surface area contributed by atoms with E-state index in [2.05, 4.69) is 15.5 Å². The first-order valence-corrected chi connectivity index (χ1v) is 8.72. The molecule has 26 heavy (non-hydrogen) atoms. The molecule has 0 saturated heterocycles. The van der Waals surface area contributed by atoms with Crippen molar-refractivity contribution in [3.8, 4) is 0 Å². The quantitative estimate of drug-likeness (QED) is 0.816. The number of nitrogens with zero attached hydrogens (tertiary/aromatic N) is 4. The van der Waals surface area contributed by atoms with E-state index in [1.807, 2.05) is 20.0 Å². The summed E-state index contributed by atoms with van der Waals surface area (Å²) in [5, 5.41) is 10.8. The van der Waals surface area contributed by atoms with Crippen molar-refractivity contribution in [1.82, 2.24) is 24.9 Å². The molecule has 142 valence electrons. The molecule has 1 N–H and O–H groups in total. The van der Waals surface area contributed by atoms with Crippen LogP contribution in [0.4, 0.5) is 13.2 Å². The predicted molar refractivity (Wildman–Crippen MR) is 88.3 cm³/mol. The minimum Gasteiger partial charge on any atom is -0.352 e. The first-order valence-electron chi connectivity index (χ1n) is 8.72. The lowest BCUT2D eigenvalue weighted by Crippen LogP contribution is -2.24. The third-order valence-electron chi connectivity index (χ3n) is 4.50. The van der Waals surface area contributed by atoms with Gasteiger partial charge in [0.1, 0.15) is 0 Å². The number of rotatable bonds is 7. The number of hydrogen-bond acceptors (Lipinski definition) is 3. The molecule has 3 rings (SSSR count). The van der Waals surface area contributed by atoms with Gasteiger partial charge in [-0.3, -0.25) is 14.2 Å². The van der Waals surface area contributed by atoms with Gasteiger partial charge in [-0.15, -0.1) is 0 Å². The zero-order chi connectivity index (χ0) is 18.9. The molecule has 1 fully saturated rings. The number of aryl methyl sites for hydroxylation is 3. The van der Waals surface area contributed by atoms with E-state index in [9.17, 15) is 18.0 Å². The fourth-order valence-electron chi connectivity index (χ4n) is 2.84. The van der Waals surface area contributed by atoms with Gasteiger partial charge in [0.15, 0.2) is 5.69 Å². The molecule has 0 radical (unpaired) electrons. The van der Waals surface area contributed by atoms with Gasteiger partial charge in [-0.1, -0.05) is 0 Å². The summed E-state index contributed by atoms with van der Waals surface area (Å²) >= 11 is 0. The molecule has 1 aliphatic carbocycles. The van der Waals surface area contributed by atoms with Crippen molar-refractivity contribution in [3.63, 3.8) is 0 Å². The highest BCUT2D eigenvalue weighted by atomic mass is 19.4. The molecule has 9 heteroatoms. The van der Waals surface area contributed by atoms with Crippen LogP contribution in [-0.4, -0.2) is 25.5 Å². The van der Waals surface area contributed by atoms with Gasteiger partial charge in [0.25, 0.3) is 0 Å². The van der Waals surface area contributed by atoms with Crippen LogP contribution in [0.1, 0.15) is 54.7 Å². The molecule has 0 atom stereocenters. The van der Waals surface area contributed by atoms with Crippen molar-refractivity contribution in [2.75, 3.05) is 0 Å². The van der Waals surface area contributed by atoms with Gasteiger partial charge in [0, 0.05) is 49.4 Å². The summed E-state index contributed by atoms with van der Waals surface area (Å²) in [6.45, 7) is 5.09. The van der Waals surface area contributed by atoms with Gasteiger partial charge < -0.3 is 5.32 Å². The Labute approximate surface area is 149 Å². The predicted octanol–water partition coefficient (Wildman–Crippen LogP) is 3.01. The van der Waals surface area contributed by atoms with E-state index < -0.39 is 11.9 Å². The molecule has 0 aromatic carbocycles. The van der Waals surface area contributed by atoms with E-state index in [0.717, 1.165) is 36.7 Å². The smallest absolute Gasteiger partial charge is 0.352 e. The molecule has 2 heterocycles. The van der Waals surface area contributed by atoms with E-state index >= 15 is 0 Å². The molecule has 0 aliphatic heterocycles. The normalized spacial score (nSPS) is 14.7. The summed E-state index contributed by atoms with van der Waals surface area (Å²) < 4.78 is 41.8. The van der Waals surface area contributed by atoms with E-state index in [1.54, 1.807) is 4.68 Å². The van der Waals surface area contributed by atoms with Crippen LogP contribution in [0, 0.1) is 6.92 Å². The number of aromatic nitrogens is 4. The van der Waals surface area contributed by atoms with Crippen LogP contribution >= 0.6 is 0 Å². The fraction of sp³-hybridized carbons (Fsp3) is 0.588. The Kier molecular flexibility index (Phi) is 5.06. The molecular formula is C17H22F3N5O. The van der Waals surface area contributed by atoms with Crippen LogP contribution in [-0.2, 0) is 30.6 Å². The highest BCUT2D eigenvalue weighted by molar-refractivity contribution is 5.75. The van der Waals surface area contributed by atoms with Crippen molar-refractivity contribution in [2.24, 2.45) is 0 Å². The number of alkyl halides is 3. The maximum Gasteiger partial charge on any atom is 0.435 e.